The molecule has 1 aliphatic heterocycles. The Kier molecular flexibility index (Phi) is 9.01. The number of carbonyl (C=O) groups is 2. The predicted octanol–water partition coefficient (Wildman–Crippen LogP) is 8.46. The van der Waals surface area contributed by atoms with E-state index >= 15 is 0 Å². The summed E-state index contributed by atoms with van der Waals surface area (Å²) >= 11 is 5.92. The van der Waals surface area contributed by atoms with Crippen molar-refractivity contribution in [3.8, 4) is 0 Å². The average molecular weight is 621 g/mol. The van der Waals surface area contributed by atoms with Crippen LogP contribution in [-0.2, 0) is 34.5 Å². The number of halogens is 10. The van der Waals surface area contributed by atoms with Gasteiger partial charge in [-0.25, -0.2) is 9.59 Å². The second-order valence-electron chi connectivity index (χ2n) is 9.07. The molecular formula is C25H22ClF9N2O4. The van der Waals surface area contributed by atoms with Gasteiger partial charge in [-0.05, 0) is 56.2 Å². The third-order valence-electron chi connectivity index (χ3n) is 6.30. The van der Waals surface area contributed by atoms with Crippen LogP contribution in [0.1, 0.15) is 54.1 Å². The van der Waals surface area contributed by atoms with Crippen molar-refractivity contribution in [1.82, 2.24) is 4.90 Å². The molecule has 0 fully saturated rings. The zero-order valence-electron chi connectivity index (χ0n) is 21.5. The Morgan fingerprint density at radius 3 is 1.98 bits per heavy atom. The van der Waals surface area contributed by atoms with Crippen LogP contribution >= 0.6 is 11.6 Å². The van der Waals surface area contributed by atoms with E-state index in [0.29, 0.717) is 18.2 Å². The van der Waals surface area contributed by atoms with E-state index in [1.165, 1.54) is 13.8 Å². The molecule has 1 aliphatic rings. The number of rotatable bonds is 4. The van der Waals surface area contributed by atoms with E-state index in [0.717, 1.165) is 23.0 Å². The number of amides is 2. The molecule has 2 atom stereocenters. The molecule has 226 valence electrons. The molecule has 16 heteroatoms. The molecule has 1 heterocycles. The molecule has 2 unspecified atom stereocenters. The molecule has 0 saturated carbocycles. The van der Waals surface area contributed by atoms with Crippen LogP contribution in [0.25, 0.3) is 0 Å². The number of alkyl halides is 9. The Hall–Kier alpha value is -3.36. The Labute approximate surface area is 232 Å². The molecular weight excluding hydrogens is 599 g/mol. The zero-order chi connectivity index (χ0) is 31.1. The summed E-state index contributed by atoms with van der Waals surface area (Å²) in [7, 11) is 0.903. The third kappa shape index (κ3) is 6.93. The second-order valence-corrected chi connectivity index (χ2v) is 9.48. The Balaban J connectivity index is 2.23. The molecule has 2 aromatic carbocycles. The lowest BCUT2D eigenvalue weighted by atomic mass is 9.89. The fourth-order valence-electron chi connectivity index (χ4n) is 4.56. The molecule has 0 spiro atoms. The molecule has 0 bridgehead atoms. The van der Waals surface area contributed by atoms with E-state index in [1.54, 1.807) is 0 Å². The van der Waals surface area contributed by atoms with Crippen LogP contribution in [0.2, 0.25) is 5.02 Å². The highest BCUT2D eigenvalue weighted by molar-refractivity contribution is 6.31. The van der Waals surface area contributed by atoms with E-state index in [2.05, 4.69) is 0 Å². The van der Waals surface area contributed by atoms with Gasteiger partial charge in [0.15, 0.2) is 0 Å². The van der Waals surface area contributed by atoms with Crippen molar-refractivity contribution in [3.05, 3.63) is 63.2 Å². The summed E-state index contributed by atoms with van der Waals surface area (Å²) in [4.78, 5) is 27.2. The Morgan fingerprint density at radius 1 is 0.951 bits per heavy atom. The van der Waals surface area contributed by atoms with Gasteiger partial charge in [0.1, 0.15) is 0 Å². The van der Waals surface area contributed by atoms with Gasteiger partial charge in [-0.1, -0.05) is 11.6 Å². The summed E-state index contributed by atoms with van der Waals surface area (Å²) < 4.78 is 131. The summed E-state index contributed by atoms with van der Waals surface area (Å²) in [6.07, 6.45) is -17.7. The van der Waals surface area contributed by atoms with E-state index < -0.39 is 76.6 Å². The second kappa shape index (κ2) is 11.5. The average Bonchev–Trinajstić information content (AvgIpc) is 2.84. The van der Waals surface area contributed by atoms with Crippen LogP contribution in [0.3, 0.4) is 0 Å². The molecule has 2 amide bonds. The third-order valence-corrected chi connectivity index (χ3v) is 6.61. The van der Waals surface area contributed by atoms with Gasteiger partial charge in [0.25, 0.3) is 0 Å². The lowest BCUT2D eigenvalue weighted by Crippen LogP contribution is -2.47. The van der Waals surface area contributed by atoms with Gasteiger partial charge in [-0.15, -0.1) is 0 Å². The van der Waals surface area contributed by atoms with Crippen LogP contribution < -0.4 is 4.90 Å². The number of fused-ring (bicyclic) bond motifs is 1. The molecule has 0 radical (unpaired) electrons. The molecule has 0 N–H and O–H groups in total. The molecule has 6 nitrogen and oxygen atoms in total. The minimum absolute atomic E-state index is 0.0837. The standard InChI is InChI=1S/C25H22ClF9N2O4/c1-4-41-22(39)37-12(2)5-19(16-9-18(26)17(10-20(16)37)25(33,34)35)36(21(38)40-3)11-13-6-14(23(27,28)29)8-15(7-13)24(30,31)32/h6-10,12,19H,4-5,11H2,1-3H3. The van der Waals surface area contributed by atoms with Crippen LogP contribution in [0.15, 0.2) is 30.3 Å². The van der Waals surface area contributed by atoms with Gasteiger partial charge >= 0.3 is 30.7 Å². The number of anilines is 1. The lowest BCUT2D eigenvalue weighted by molar-refractivity contribution is -0.143. The van der Waals surface area contributed by atoms with E-state index in [1.807, 2.05) is 0 Å². The molecule has 0 saturated heterocycles. The van der Waals surface area contributed by atoms with Crippen molar-refractivity contribution in [1.29, 1.82) is 0 Å². The summed E-state index contributed by atoms with van der Waals surface area (Å²) in [5.41, 5.74) is -5.66. The highest BCUT2D eigenvalue weighted by atomic mass is 35.5. The number of methoxy groups -OCH3 is 1. The topological polar surface area (TPSA) is 59.1 Å². The predicted molar refractivity (Wildman–Crippen MR) is 127 cm³/mol. The van der Waals surface area contributed by atoms with E-state index in [9.17, 15) is 49.1 Å². The monoisotopic (exact) mass is 620 g/mol. The van der Waals surface area contributed by atoms with Gasteiger partial charge in [-0.3, -0.25) is 9.80 Å². The van der Waals surface area contributed by atoms with Crippen molar-refractivity contribution in [2.75, 3.05) is 18.6 Å². The van der Waals surface area contributed by atoms with Crippen molar-refractivity contribution >= 4 is 29.5 Å². The first kappa shape index (κ1) is 32.2. The number of ether oxygens (including phenoxy) is 2. The van der Waals surface area contributed by atoms with Gasteiger partial charge in [0, 0.05) is 18.2 Å². The smallest absolute Gasteiger partial charge is 0.417 e. The SMILES string of the molecule is CCOC(=O)N1c2cc(C(F)(F)F)c(Cl)cc2C(N(Cc2cc(C(F)(F)F)cc(C(F)(F)F)c2)C(=O)OC)CC1C. The summed E-state index contributed by atoms with van der Waals surface area (Å²) in [5, 5.41) is -0.817. The van der Waals surface area contributed by atoms with Crippen molar-refractivity contribution < 1.29 is 58.6 Å². The Bertz CT molecular complexity index is 1280. The minimum atomic E-state index is -5.17. The molecule has 3 rings (SSSR count). The summed E-state index contributed by atoms with van der Waals surface area (Å²) in [6, 6.07) is -0.0780. The lowest BCUT2D eigenvalue weighted by Gasteiger charge is -2.43. The normalized spacial score (nSPS) is 17.6. The number of carbonyl (C=O) groups excluding carboxylic acids is 2. The first-order valence-corrected chi connectivity index (χ1v) is 12.2. The van der Waals surface area contributed by atoms with Crippen molar-refractivity contribution in [2.24, 2.45) is 0 Å². The highest BCUT2D eigenvalue weighted by Crippen LogP contribution is 2.47. The fourth-order valence-corrected chi connectivity index (χ4v) is 4.84. The molecule has 41 heavy (non-hydrogen) atoms. The van der Waals surface area contributed by atoms with Gasteiger partial charge in [0.05, 0.1) is 47.2 Å². The molecule has 2 aromatic rings. The van der Waals surface area contributed by atoms with Gasteiger partial charge < -0.3 is 9.47 Å². The van der Waals surface area contributed by atoms with E-state index in [-0.39, 0.29) is 30.3 Å². The van der Waals surface area contributed by atoms with Crippen LogP contribution in [-0.4, -0.2) is 36.8 Å². The number of nitrogens with zero attached hydrogens (tertiary/aromatic N) is 2. The summed E-state index contributed by atoms with van der Waals surface area (Å²) in [5.74, 6) is 0. The first-order chi connectivity index (χ1) is 18.8. The van der Waals surface area contributed by atoms with Crippen LogP contribution in [0.4, 0.5) is 54.8 Å². The minimum Gasteiger partial charge on any atom is -0.453 e. The fraction of sp³-hybridized carbons (Fsp3) is 0.440. The van der Waals surface area contributed by atoms with E-state index in [4.69, 9.17) is 21.1 Å². The van der Waals surface area contributed by atoms with Gasteiger partial charge in [0.2, 0.25) is 0 Å². The quantitative estimate of drug-likeness (QED) is 0.322. The Morgan fingerprint density at radius 2 is 1.51 bits per heavy atom. The first-order valence-electron chi connectivity index (χ1n) is 11.8. The zero-order valence-corrected chi connectivity index (χ0v) is 22.2. The maximum Gasteiger partial charge on any atom is 0.417 e. The number of hydrogen-bond donors (Lipinski definition) is 0. The van der Waals surface area contributed by atoms with Gasteiger partial charge in [-0.2, -0.15) is 39.5 Å². The maximum atomic E-state index is 13.7. The number of hydrogen-bond acceptors (Lipinski definition) is 4. The number of benzene rings is 2. The van der Waals surface area contributed by atoms with Crippen LogP contribution in [0.5, 0.6) is 0 Å². The molecule has 0 aliphatic carbocycles. The highest BCUT2D eigenvalue weighted by Gasteiger charge is 2.43. The maximum absolute atomic E-state index is 13.7. The van der Waals surface area contributed by atoms with Crippen molar-refractivity contribution in [3.63, 3.8) is 0 Å². The largest absolute Gasteiger partial charge is 0.453 e. The van der Waals surface area contributed by atoms with Crippen molar-refractivity contribution in [2.45, 2.75) is 57.4 Å². The van der Waals surface area contributed by atoms with Crippen LogP contribution in [0, 0.1) is 0 Å². The molecule has 0 aromatic heterocycles. The summed E-state index contributed by atoms with van der Waals surface area (Å²) in [6.45, 7) is 1.87.